The van der Waals surface area contributed by atoms with Gasteiger partial charge >= 0.3 is 6.18 Å². The van der Waals surface area contributed by atoms with Crippen LogP contribution < -0.4 is 0 Å². The first kappa shape index (κ1) is 13.4. The molecule has 1 atom stereocenters. The van der Waals surface area contributed by atoms with E-state index in [0.717, 1.165) is 0 Å². The first-order valence-corrected chi connectivity index (χ1v) is 5.67. The predicted octanol–water partition coefficient (Wildman–Crippen LogP) is 4.20. The van der Waals surface area contributed by atoms with Gasteiger partial charge in [0.2, 0.25) is 0 Å². The second-order valence-electron chi connectivity index (χ2n) is 4.11. The van der Waals surface area contributed by atoms with Gasteiger partial charge in [0.05, 0.1) is 12.2 Å². The molecule has 1 aromatic heterocycles. The highest BCUT2D eigenvalue weighted by atomic mass is 19.4. The molecule has 2 rings (SSSR count). The number of alkyl halides is 3. The fourth-order valence-electron chi connectivity index (χ4n) is 1.83. The highest BCUT2D eigenvalue weighted by molar-refractivity contribution is 5.94. The molecule has 0 amide bonds. The average Bonchev–Trinajstić information content (AvgIpc) is 2.89. The number of rotatable bonds is 4. The molecule has 0 radical (unpaired) electrons. The van der Waals surface area contributed by atoms with Crippen LogP contribution in [0.2, 0.25) is 0 Å². The molecule has 0 saturated carbocycles. The number of ketones is 1. The number of furan rings is 1. The van der Waals surface area contributed by atoms with Gasteiger partial charge < -0.3 is 4.42 Å². The van der Waals surface area contributed by atoms with Gasteiger partial charge in [0, 0.05) is 6.42 Å². The minimum Gasteiger partial charge on any atom is -0.461 e. The first-order valence-electron chi connectivity index (χ1n) is 5.67. The van der Waals surface area contributed by atoms with Gasteiger partial charge in [-0.05, 0) is 17.7 Å². The number of hydrogen-bond acceptors (Lipinski definition) is 2. The van der Waals surface area contributed by atoms with Crippen molar-refractivity contribution >= 4 is 5.78 Å². The molecule has 5 heteroatoms. The van der Waals surface area contributed by atoms with Crippen molar-refractivity contribution in [3.8, 4) is 0 Å². The maximum absolute atomic E-state index is 13.0. The second kappa shape index (κ2) is 5.30. The summed E-state index contributed by atoms with van der Waals surface area (Å²) in [6.45, 7) is 0. The lowest BCUT2D eigenvalue weighted by Gasteiger charge is -2.19. The van der Waals surface area contributed by atoms with Gasteiger partial charge in [0.25, 0.3) is 0 Å². The average molecular weight is 268 g/mol. The molecule has 0 aliphatic heterocycles. The van der Waals surface area contributed by atoms with Crippen LogP contribution in [0.3, 0.4) is 0 Å². The van der Waals surface area contributed by atoms with Crippen molar-refractivity contribution in [3.63, 3.8) is 0 Å². The molecule has 1 heterocycles. The Hall–Kier alpha value is -2.04. The Bertz CT molecular complexity index is 530. The van der Waals surface area contributed by atoms with Gasteiger partial charge in [0.1, 0.15) is 0 Å². The van der Waals surface area contributed by atoms with E-state index in [1.54, 1.807) is 6.07 Å². The zero-order valence-electron chi connectivity index (χ0n) is 9.85. The molecule has 0 unspecified atom stereocenters. The summed E-state index contributed by atoms with van der Waals surface area (Å²) in [7, 11) is 0. The van der Waals surface area contributed by atoms with Crippen LogP contribution in [0.4, 0.5) is 13.2 Å². The van der Waals surface area contributed by atoms with E-state index in [9.17, 15) is 18.0 Å². The van der Waals surface area contributed by atoms with Crippen molar-refractivity contribution in [3.05, 3.63) is 60.1 Å². The summed E-state index contributed by atoms with van der Waals surface area (Å²) >= 11 is 0. The van der Waals surface area contributed by atoms with E-state index in [4.69, 9.17) is 4.42 Å². The van der Waals surface area contributed by atoms with E-state index in [1.165, 1.54) is 42.7 Å². The molecule has 1 aromatic carbocycles. The summed E-state index contributed by atoms with van der Waals surface area (Å²) in [4.78, 5) is 11.7. The summed E-state index contributed by atoms with van der Waals surface area (Å²) in [6.07, 6.45) is -3.86. The van der Waals surface area contributed by atoms with Gasteiger partial charge in [-0.2, -0.15) is 13.2 Å². The number of benzene rings is 1. The number of carbonyl (C=O) groups is 1. The van der Waals surface area contributed by atoms with Crippen LogP contribution in [0, 0.1) is 0 Å². The fourth-order valence-corrected chi connectivity index (χ4v) is 1.83. The minimum atomic E-state index is -4.47. The Morgan fingerprint density at radius 2 is 1.79 bits per heavy atom. The van der Waals surface area contributed by atoms with Crippen molar-refractivity contribution in [2.45, 2.75) is 18.5 Å². The maximum Gasteiger partial charge on any atom is 0.396 e. The molecule has 19 heavy (non-hydrogen) atoms. The molecule has 0 saturated heterocycles. The van der Waals surface area contributed by atoms with E-state index < -0.39 is 24.3 Å². The topological polar surface area (TPSA) is 30.2 Å². The third-order valence-electron chi connectivity index (χ3n) is 2.78. The van der Waals surface area contributed by atoms with Crippen LogP contribution >= 0.6 is 0 Å². The van der Waals surface area contributed by atoms with Crippen LogP contribution in [0.1, 0.15) is 28.5 Å². The molecular weight excluding hydrogens is 257 g/mol. The second-order valence-corrected chi connectivity index (χ2v) is 4.11. The smallest absolute Gasteiger partial charge is 0.396 e. The van der Waals surface area contributed by atoms with Crippen LogP contribution in [0.25, 0.3) is 0 Å². The minimum absolute atomic E-state index is 0.0508. The summed E-state index contributed by atoms with van der Waals surface area (Å²) in [5, 5.41) is 0. The number of carbonyl (C=O) groups excluding carboxylic acids is 1. The third kappa shape index (κ3) is 3.24. The van der Waals surface area contributed by atoms with Crippen LogP contribution in [0.15, 0.2) is 53.1 Å². The van der Waals surface area contributed by atoms with Crippen LogP contribution in [-0.2, 0) is 0 Å². The molecule has 100 valence electrons. The van der Waals surface area contributed by atoms with Crippen LogP contribution in [0.5, 0.6) is 0 Å². The standard InChI is InChI=1S/C14H11F3O2/c15-14(16,17)11(10-5-2-1-3-6-10)9-12(18)13-7-4-8-19-13/h1-8,11H,9H2/t11-/m1/s1. The van der Waals surface area contributed by atoms with E-state index in [2.05, 4.69) is 0 Å². The van der Waals surface area contributed by atoms with Crippen molar-refractivity contribution in [1.29, 1.82) is 0 Å². The number of halogens is 3. The van der Waals surface area contributed by atoms with Crippen molar-refractivity contribution in [2.75, 3.05) is 0 Å². The number of hydrogen-bond donors (Lipinski definition) is 0. The van der Waals surface area contributed by atoms with Gasteiger partial charge in [-0.15, -0.1) is 0 Å². The molecule has 2 aromatic rings. The lowest BCUT2D eigenvalue weighted by molar-refractivity contribution is -0.149. The lowest BCUT2D eigenvalue weighted by atomic mass is 9.92. The van der Waals surface area contributed by atoms with Crippen molar-refractivity contribution in [2.24, 2.45) is 0 Å². The summed E-state index contributed by atoms with van der Waals surface area (Å²) < 4.78 is 43.9. The predicted molar refractivity (Wildman–Crippen MR) is 62.9 cm³/mol. The van der Waals surface area contributed by atoms with E-state index in [-0.39, 0.29) is 11.3 Å². The van der Waals surface area contributed by atoms with Crippen molar-refractivity contribution < 1.29 is 22.4 Å². The van der Waals surface area contributed by atoms with Crippen LogP contribution in [-0.4, -0.2) is 12.0 Å². The molecule has 0 spiro atoms. The van der Waals surface area contributed by atoms with E-state index in [1.807, 2.05) is 0 Å². The van der Waals surface area contributed by atoms with Gasteiger partial charge in [0.15, 0.2) is 11.5 Å². The SMILES string of the molecule is O=C(C[C@H](c1ccccc1)C(F)(F)F)c1ccco1. The summed E-state index contributed by atoms with van der Waals surface area (Å²) in [5.74, 6) is -2.52. The van der Waals surface area contributed by atoms with Gasteiger partial charge in [-0.1, -0.05) is 30.3 Å². The van der Waals surface area contributed by atoms with Crippen molar-refractivity contribution in [1.82, 2.24) is 0 Å². The summed E-state index contributed by atoms with van der Waals surface area (Å²) in [6, 6.07) is 10.2. The Kier molecular flexibility index (Phi) is 3.74. The lowest BCUT2D eigenvalue weighted by Crippen LogP contribution is -2.23. The Balaban J connectivity index is 2.23. The molecule has 0 N–H and O–H groups in total. The largest absolute Gasteiger partial charge is 0.461 e. The highest BCUT2D eigenvalue weighted by Gasteiger charge is 2.42. The highest BCUT2D eigenvalue weighted by Crippen LogP contribution is 2.38. The van der Waals surface area contributed by atoms with Gasteiger partial charge in [-0.3, -0.25) is 4.79 Å². The molecule has 0 fully saturated rings. The van der Waals surface area contributed by atoms with E-state index >= 15 is 0 Å². The number of Topliss-reactive ketones (excluding diaryl/α,β-unsaturated/α-hetero) is 1. The molecule has 0 bridgehead atoms. The molecule has 0 aliphatic carbocycles. The first-order chi connectivity index (χ1) is 8.98. The normalized spacial score (nSPS) is 13.2. The maximum atomic E-state index is 13.0. The zero-order valence-corrected chi connectivity index (χ0v) is 9.85. The Morgan fingerprint density at radius 3 is 2.32 bits per heavy atom. The van der Waals surface area contributed by atoms with Gasteiger partial charge in [-0.25, -0.2) is 0 Å². The molecule has 0 aliphatic rings. The Labute approximate surface area is 107 Å². The zero-order chi connectivity index (χ0) is 13.9. The monoisotopic (exact) mass is 268 g/mol. The third-order valence-corrected chi connectivity index (χ3v) is 2.78. The quantitative estimate of drug-likeness (QED) is 0.778. The fraction of sp³-hybridized carbons (Fsp3) is 0.214. The van der Waals surface area contributed by atoms with E-state index in [0.29, 0.717) is 0 Å². The molecule has 2 nitrogen and oxygen atoms in total. The molecular formula is C14H11F3O2. The summed E-state index contributed by atoms with van der Waals surface area (Å²) in [5.41, 5.74) is 0.0786. The Morgan fingerprint density at radius 1 is 1.11 bits per heavy atom.